The molecule has 2 N–H and O–H groups in total. The van der Waals surface area contributed by atoms with Crippen LogP contribution in [0, 0.1) is 0 Å². The topological polar surface area (TPSA) is 71.7 Å². The van der Waals surface area contributed by atoms with Crippen LogP contribution in [0.15, 0.2) is 9.52 Å². The largest absolute Gasteiger partial charge is 0.385 e. The van der Waals surface area contributed by atoms with Gasteiger partial charge in [0.25, 0.3) is 0 Å². The second-order valence-corrected chi connectivity index (χ2v) is 5.41. The minimum absolute atomic E-state index is 0.606. The Morgan fingerprint density at radius 1 is 1.13 bits per heavy atom. The maximum Gasteiger partial charge on any atom is 0.191 e. The molecule has 132 valence electrons. The van der Waals surface area contributed by atoms with Gasteiger partial charge in [-0.05, 0) is 32.6 Å². The van der Waals surface area contributed by atoms with E-state index in [2.05, 4.69) is 41.6 Å². The fourth-order valence-corrected chi connectivity index (χ4v) is 2.37. The van der Waals surface area contributed by atoms with Gasteiger partial charge in [0.15, 0.2) is 5.96 Å². The summed E-state index contributed by atoms with van der Waals surface area (Å²) in [6.07, 6.45) is 5.10. The number of hydrogen-bond donors (Lipinski definition) is 2. The van der Waals surface area contributed by atoms with Gasteiger partial charge < -0.3 is 19.9 Å². The predicted molar refractivity (Wildman–Crippen MR) is 93.8 cm³/mol. The number of unbranched alkanes of at least 4 members (excludes halogenated alkanes) is 2. The van der Waals surface area contributed by atoms with Crippen molar-refractivity contribution in [2.45, 2.75) is 59.4 Å². The molecule has 0 aliphatic carbocycles. The Bertz CT molecular complexity index is 436. The zero-order valence-electron chi connectivity index (χ0n) is 15.1. The average molecular weight is 324 g/mol. The van der Waals surface area contributed by atoms with Gasteiger partial charge >= 0.3 is 0 Å². The molecule has 6 nitrogen and oxygen atoms in total. The number of hydrogen-bond acceptors (Lipinski definition) is 4. The lowest BCUT2D eigenvalue weighted by Gasteiger charge is -2.11. The van der Waals surface area contributed by atoms with Crippen LogP contribution in [0.5, 0.6) is 0 Å². The molecule has 0 saturated heterocycles. The second kappa shape index (κ2) is 11.9. The molecule has 0 fully saturated rings. The van der Waals surface area contributed by atoms with E-state index in [-0.39, 0.29) is 0 Å². The van der Waals surface area contributed by atoms with Gasteiger partial charge in [0, 0.05) is 38.8 Å². The normalized spacial score (nSPS) is 11.7. The maximum atomic E-state index is 5.39. The SMILES string of the molecule is CCNC(=NCc1c(CC)noc1CC)NCCCCCOC. The van der Waals surface area contributed by atoms with Crippen LogP contribution in [0.25, 0.3) is 0 Å². The van der Waals surface area contributed by atoms with Gasteiger partial charge in [-0.3, -0.25) is 0 Å². The lowest BCUT2D eigenvalue weighted by atomic mass is 10.1. The van der Waals surface area contributed by atoms with E-state index in [9.17, 15) is 0 Å². The van der Waals surface area contributed by atoms with E-state index in [1.165, 1.54) is 0 Å². The van der Waals surface area contributed by atoms with Gasteiger partial charge in [0.2, 0.25) is 0 Å². The molecule has 0 aromatic carbocycles. The summed E-state index contributed by atoms with van der Waals surface area (Å²) in [7, 11) is 1.74. The summed E-state index contributed by atoms with van der Waals surface area (Å²) in [6.45, 7) is 9.45. The number of aliphatic imine (C=N–C) groups is 1. The molecule has 23 heavy (non-hydrogen) atoms. The number of aryl methyl sites for hydroxylation is 2. The van der Waals surface area contributed by atoms with Crippen molar-refractivity contribution in [2.75, 3.05) is 26.8 Å². The maximum absolute atomic E-state index is 5.39. The van der Waals surface area contributed by atoms with E-state index in [4.69, 9.17) is 9.26 Å². The van der Waals surface area contributed by atoms with E-state index in [0.29, 0.717) is 6.54 Å². The molecule has 0 amide bonds. The summed E-state index contributed by atoms with van der Waals surface area (Å²) >= 11 is 0. The summed E-state index contributed by atoms with van der Waals surface area (Å²) in [4.78, 5) is 4.68. The molecule has 0 spiro atoms. The highest BCUT2D eigenvalue weighted by molar-refractivity contribution is 5.79. The van der Waals surface area contributed by atoms with Crippen molar-refractivity contribution in [2.24, 2.45) is 4.99 Å². The Labute approximate surface area is 140 Å². The fourth-order valence-electron chi connectivity index (χ4n) is 2.37. The fraction of sp³-hybridized carbons (Fsp3) is 0.765. The Kier molecular flexibility index (Phi) is 10.1. The molecule has 1 aromatic heterocycles. The van der Waals surface area contributed by atoms with Crippen LogP contribution in [0.3, 0.4) is 0 Å². The number of guanidine groups is 1. The molecule has 0 radical (unpaired) electrons. The van der Waals surface area contributed by atoms with E-state index < -0.39 is 0 Å². The van der Waals surface area contributed by atoms with Crippen LogP contribution in [0.4, 0.5) is 0 Å². The molecular weight excluding hydrogens is 292 g/mol. The summed E-state index contributed by atoms with van der Waals surface area (Å²) in [6, 6.07) is 0. The van der Waals surface area contributed by atoms with Gasteiger partial charge in [-0.15, -0.1) is 0 Å². The monoisotopic (exact) mass is 324 g/mol. The number of rotatable bonds is 11. The minimum atomic E-state index is 0.606. The first-order valence-corrected chi connectivity index (χ1v) is 8.74. The van der Waals surface area contributed by atoms with Crippen molar-refractivity contribution in [1.82, 2.24) is 15.8 Å². The van der Waals surface area contributed by atoms with Gasteiger partial charge in [-0.2, -0.15) is 0 Å². The average Bonchev–Trinajstić information content (AvgIpc) is 2.97. The second-order valence-electron chi connectivity index (χ2n) is 5.41. The molecule has 1 heterocycles. The molecule has 0 aliphatic rings. The van der Waals surface area contributed by atoms with Crippen LogP contribution >= 0.6 is 0 Å². The minimum Gasteiger partial charge on any atom is -0.385 e. The first-order chi connectivity index (χ1) is 11.3. The zero-order valence-corrected chi connectivity index (χ0v) is 15.1. The molecule has 0 unspecified atom stereocenters. The lowest BCUT2D eigenvalue weighted by Crippen LogP contribution is -2.37. The highest BCUT2D eigenvalue weighted by Crippen LogP contribution is 2.16. The van der Waals surface area contributed by atoms with Gasteiger partial charge in [0.05, 0.1) is 12.2 Å². The molecular formula is C17H32N4O2. The quantitative estimate of drug-likeness (QED) is 0.372. The summed E-state index contributed by atoms with van der Waals surface area (Å²) in [5.41, 5.74) is 2.15. The van der Waals surface area contributed by atoms with Gasteiger partial charge in [-0.25, -0.2) is 4.99 Å². The third kappa shape index (κ3) is 7.03. The highest BCUT2D eigenvalue weighted by atomic mass is 16.5. The van der Waals surface area contributed by atoms with Crippen LogP contribution in [-0.2, 0) is 24.1 Å². The van der Waals surface area contributed by atoms with Crippen LogP contribution in [-0.4, -0.2) is 37.9 Å². The third-order valence-corrected chi connectivity index (χ3v) is 3.66. The van der Waals surface area contributed by atoms with Crippen LogP contribution < -0.4 is 10.6 Å². The Hall–Kier alpha value is -1.56. The van der Waals surface area contributed by atoms with Crippen molar-refractivity contribution in [3.05, 3.63) is 17.0 Å². The number of methoxy groups -OCH3 is 1. The standard InChI is InChI=1S/C17H32N4O2/c1-5-15-14(16(6-2)23-21-15)13-20-17(18-7-3)19-11-9-8-10-12-22-4/h5-13H2,1-4H3,(H2,18,19,20). The van der Waals surface area contributed by atoms with E-state index >= 15 is 0 Å². The number of aromatic nitrogens is 1. The van der Waals surface area contributed by atoms with Crippen molar-refractivity contribution in [3.8, 4) is 0 Å². The summed E-state index contributed by atoms with van der Waals surface area (Å²) in [5, 5.41) is 10.8. The van der Waals surface area contributed by atoms with Crippen molar-refractivity contribution >= 4 is 5.96 Å². The molecule has 6 heteroatoms. The van der Waals surface area contributed by atoms with E-state index in [0.717, 1.165) is 74.8 Å². The van der Waals surface area contributed by atoms with E-state index in [1.54, 1.807) is 7.11 Å². The number of nitrogens with one attached hydrogen (secondary N) is 2. The van der Waals surface area contributed by atoms with Crippen molar-refractivity contribution in [1.29, 1.82) is 0 Å². The first-order valence-electron chi connectivity index (χ1n) is 8.74. The first kappa shape index (κ1) is 19.5. The van der Waals surface area contributed by atoms with Gasteiger partial charge in [0.1, 0.15) is 5.76 Å². The molecule has 1 aromatic rings. The van der Waals surface area contributed by atoms with Crippen molar-refractivity contribution in [3.63, 3.8) is 0 Å². The van der Waals surface area contributed by atoms with E-state index in [1.807, 2.05) is 0 Å². The molecule has 0 atom stereocenters. The predicted octanol–water partition coefficient (Wildman–Crippen LogP) is 2.67. The Morgan fingerprint density at radius 3 is 2.61 bits per heavy atom. The highest BCUT2D eigenvalue weighted by Gasteiger charge is 2.12. The Morgan fingerprint density at radius 2 is 1.96 bits per heavy atom. The molecule has 1 rings (SSSR count). The molecule has 0 saturated carbocycles. The smallest absolute Gasteiger partial charge is 0.191 e. The summed E-state index contributed by atoms with van der Waals surface area (Å²) < 4.78 is 10.5. The number of ether oxygens (including phenoxy) is 1. The van der Waals surface area contributed by atoms with Crippen LogP contribution in [0.2, 0.25) is 0 Å². The number of nitrogens with zero attached hydrogens (tertiary/aromatic N) is 2. The molecule has 0 aliphatic heterocycles. The van der Waals surface area contributed by atoms with Gasteiger partial charge in [-0.1, -0.05) is 19.0 Å². The lowest BCUT2D eigenvalue weighted by molar-refractivity contribution is 0.192. The van der Waals surface area contributed by atoms with Crippen LogP contribution in [0.1, 0.15) is 57.1 Å². The zero-order chi connectivity index (χ0) is 16.9. The summed E-state index contributed by atoms with van der Waals surface area (Å²) in [5.74, 6) is 1.80. The Balaban J connectivity index is 2.53. The molecule has 0 bridgehead atoms. The van der Waals surface area contributed by atoms with Crippen molar-refractivity contribution < 1.29 is 9.26 Å². The third-order valence-electron chi connectivity index (χ3n) is 3.66.